The summed E-state index contributed by atoms with van der Waals surface area (Å²) in [5.41, 5.74) is 12.6. The third-order valence-corrected chi connectivity index (χ3v) is 9.76. The predicted octanol–water partition coefficient (Wildman–Crippen LogP) is 12.8. The maximum absolute atomic E-state index is 6.24. The zero-order valence-electron chi connectivity index (χ0n) is 26.1. The molecule has 0 bridgehead atoms. The maximum Gasteiger partial charge on any atom is 0.136 e. The van der Waals surface area contributed by atoms with Gasteiger partial charge in [0.15, 0.2) is 0 Å². The van der Waals surface area contributed by atoms with Crippen LogP contribution in [0.3, 0.4) is 0 Å². The van der Waals surface area contributed by atoms with Crippen LogP contribution in [0.4, 0.5) is 0 Å². The molecule has 10 rings (SSSR count). The molecule has 0 N–H and O–H groups in total. The zero-order chi connectivity index (χ0) is 31.6. The number of hydrogen-bond donors (Lipinski definition) is 0. The lowest BCUT2D eigenvalue weighted by Crippen LogP contribution is -1.94. The van der Waals surface area contributed by atoms with Crippen LogP contribution in [0.5, 0.6) is 0 Å². The standard InChI is InChI=1S/C46H29NO/c1-3-11-30(12-4-1)34-25-35(31-13-5-2-6-14-31)27-36(26-34)32-19-22-37(23-20-32)47-42-17-9-7-15-38(42)41-29-40-33(28-43(41)47)21-24-45-46(40)39-16-8-10-18-44(39)48-45/h1-29H. The Hall–Kier alpha value is -6.38. The Morgan fingerprint density at radius 3 is 1.60 bits per heavy atom. The quantitative estimate of drug-likeness (QED) is 0.194. The number of benzene rings is 8. The van der Waals surface area contributed by atoms with Crippen molar-refractivity contribution in [3.8, 4) is 39.1 Å². The van der Waals surface area contributed by atoms with Crippen LogP contribution in [-0.2, 0) is 0 Å². The third-order valence-electron chi connectivity index (χ3n) is 9.76. The van der Waals surface area contributed by atoms with Gasteiger partial charge in [0.05, 0.1) is 11.0 Å². The van der Waals surface area contributed by atoms with Gasteiger partial charge in [-0.15, -0.1) is 0 Å². The first kappa shape index (κ1) is 26.8. The molecule has 8 aromatic carbocycles. The van der Waals surface area contributed by atoms with Gasteiger partial charge in [0, 0.05) is 27.2 Å². The predicted molar refractivity (Wildman–Crippen MR) is 202 cm³/mol. The molecule has 2 heteroatoms. The lowest BCUT2D eigenvalue weighted by atomic mass is 9.93. The van der Waals surface area contributed by atoms with E-state index in [0.29, 0.717) is 0 Å². The molecule has 0 atom stereocenters. The fourth-order valence-corrected chi connectivity index (χ4v) is 7.48. The van der Waals surface area contributed by atoms with Crippen molar-refractivity contribution < 1.29 is 4.42 Å². The van der Waals surface area contributed by atoms with Crippen LogP contribution < -0.4 is 0 Å². The van der Waals surface area contributed by atoms with Gasteiger partial charge in [0.2, 0.25) is 0 Å². The van der Waals surface area contributed by atoms with E-state index < -0.39 is 0 Å². The monoisotopic (exact) mass is 611 g/mol. The molecule has 0 unspecified atom stereocenters. The molecule has 10 aromatic rings. The largest absolute Gasteiger partial charge is 0.456 e. The number of para-hydroxylation sites is 2. The fourth-order valence-electron chi connectivity index (χ4n) is 7.48. The van der Waals surface area contributed by atoms with E-state index in [1.165, 1.54) is 71.3 Å². The van der Waals surface area contributed by atoms with E-state index in [1.807, 2.05) is 6.07 Å². The van der Waals surface area contributed by atoms with Gasteiger partial charge in [-0.1, -0.05) is 115 Å². The van der Waals surface area contributed by atoms with Crippen molar-refractivity contribution in [2.75, 3.05) is 0 Å². The molecule has 224 valence electrons. The molecule has 0 aliphatic heterocycles. The van der Waals surface area contributed by atoms with Crippen LogP contribution in [0.25, 0.3) is 93.6 Å². The third kappa shape index (κ3) is 4.20. The van der Waals surface area contributed by atoms with E-state index in [4.69, 9.17) is 4.42 Å². The molecular weight excluding hydrogens is 583 g/mol. The molecule has 0 aliphatic carbocycles. The van der Waals surface area contributed by atoms with Crippen LogP contribution in [0.2, 0.25) is 0 Å². The molecule has 2 heterocycles. The molecule has 0 saturated heterocycles. The van der Waals surface area contributed by atoms with Crippen molar-refractivity contribution >= 4 is 54.5 Å². The lowest BCUT2D eigenvalue weighted by Gasteiger charge is -2.13. The normalized spacial score (nSPS) is 11.8. The second-order valence-corrected chi connectivity index (χ2v) is 12.6. The highest BCUT2D eigenvalue weighted by atomic mass is 16.3. The number of nitrogens with zero attached hydrogens (tertiary/aromatic N) is 1. The average Bonchev–Trinajstić information content (AvgIpc) is 3.70. The molecule has 48 heavy (non-hydrogen) atoms. The molecule has 2 aromatic heterocycles. The Kier molecular flexibility index (Phi) is 5.91. The minimum atomic E-state index is 0.924. The van der Waals surface area contributed by atoms with Gasteiger partial charge < -0.3 is 8.98 Å². The van der Waals surface area contributed by atoms with Crippen LogP contribution >= 0.6 is 0 Å². The molecule has 0 fully saturated rings. The molecule has 0 radical (unpaired) electrons. The Morgan fingerprint density at radius 2 is 0.917 bits per heavy atom. The maximum atomic E-state index is 6.24. The minimum Gasteiger partial charge on any atom is -0.456 e. The minimum absolute atomic E-state index is 0.924. The molecule has 0 spiro atoms. The van der Waals surface area contributed by atoms with E-state index in [-0.39, 0.29) is 0 Å². The van der Waals surface area contributed by atoms with Crippen molar-refractivity contribution in [3.63, 3.8) is 0 Å². The summed E-state index contributed by atoms with van der Waals surface area (Å²) in [4.78, 5) is 0. The van der Waals surface area contributed by atoms with Crippen molar-refractivity contribution in [3.05, 3.63) is 176 Å². The lowest BCUT2D eigenvalue weighted by molar-refractivity contribution is 0.669. The van der Waals surface area contributed by atoms with E-state index >= 15 is 0 Å². The summed E-state index contributed by atoms with van der Waals surface area (Å²) >= 11 is 0. The van der Waals surface area contributed by atoms with E-state index in [2.05, 4.69) is 174 Å². The van der Waals surface area contributed by atoms with Gasteiger partial charge in [-0.25, -0.2) is 0 Å². The highest BCUT2D eigenvalue weighted by Gasteiger charge is 2.17. The summed E-state index contributed by atoms with van der Waals surface area (Å²) in [6, 6.07) is 63.3. The summed E-state index contributed by atoms with van der Waals surface area (Å²) in [5.74, 6) is 0. The van der Waals surface area contributed by atoms with Crippen LogP contribution in [-0.4, -0.2) is 4.57 Å². The molecule has 2 nitrogen and oxygen atoms in total. The molecular formula is C46H29NO. The Bertz CT molecular complexity index is 2750. The van der Waals surface area contributed by atoms with Gasteiger partial charge in [-0.3, -0.25) is 0 Å². The van der Waals surface area contributed by atoms with Gasteiger partial charge in [-0.2, -0.15) is 0 Å². The smallest absolute Gasteiger partial charge is 0.136 e. The Labute approximate surface area is 277 Å². The zero-order valence-corrected chi connectivity index (χ0v) is 26.1. The van der Waals surface area contributed by atoms with Crippen molar-refractivity contribution in [2.45, 2.75) is 0 Å². The van der Waals surface area contributed by atoms with Crippen molar-refractivity contribution in [2.24, 2.45) is 0 Å². The van der Waals surface area contributed by atoms with E-state index in [9.17, 15) is 0 Å². The summed E-state index contributed by atoms with van der Waals surface area (Å²) in [5, 5.41) is 7.24. The highest BCUT2D eigenvalue weighted by molar-refractivity contribution is 6.23. The van der Waals surface area contributed by atoms with Gasteiger partial charge in [0.1, 0.15) is 11.2 Å². The van der Waals surface area contributed by atoms with E-state index in [0.717, 1.165) is 22.2 Å². The van der Waals surface area contributed by atoms with Crippen molar-refractivity contribution in [1.82, 2.24) is 4.57 Å². The SMILES string of the molecule is c1ccc(-c2cc(-c3ccccc3)cc(-c3ccc(-n4c5ccccc5c5cc6c(ccc7oc8ccccc8c76)cc54)cc3)c2)cc1. The topological polar surface area (TPSA) is 18.1 Å². The number of hydrogen-bond acceptors (Lipinski definition) is 1. The van der Waals surface area contributed by atoms with Crippen molar-refractivity contribution in [1.29, 1.82) is 0 Å². The highest BCUT2D eigenvalue weighted by Crippen LogP contribution is 2.40. The first-order valence-electron chi connectivity index (χ1n) is 16.4. The first-order chi connectivity index (χ1) is 23.8. The fraction of sp³-hybridized carbons (Fsp3) is 0. The number of aromatic nitrogens is 1. The second-order valence-electron chi connectivity index (χ2n) is 12.6. The molecule has 0 amide bonds. The van der Waals surface area contributed by atoms with Crippen LogP contribution in [0.15, 0.2) is 180 Å². The molecule has 0 saturated carbocycles. The van der Waals surface area contributed by atoms with Gasteiger partial charge >= 0.3 is 0 Å². The summed E-state index contributed by atoms with van der Waals surface area (Å²) < 4.78 is 8.65. The Balaban J connectivity index is 1.14. The first-order valence-corrected chi connectivity index (χ1v) is 16.4. The number of rotatable bonds is 4. The summed E-state index contributed by atoms with van der Waals surface area (Å²) in [6.45, 7) is 0. The van der Waals surface area contributed by atoms with Crippen LogP contribution in [0.1, 0.15) is 0 Å². The second kappa shape index (κ2) is 10.6. The van der Waals surface area contributed by atoms with Gasteiger partial charge in [0.25, 0.3) is 0 Å². The van der Waals surface area contributed by atoms with Gasteiger partial charge in [-0.05, 0) is 105 Å². The molecule has 0 aliphatic rings. The number of fused-ring (bicyclic) bond motifs is 8. The average molecular weight is 612 g/mol. The summed E-state index contributed by atoms with van der Waals surface area (Å²) in [7, 11) is 0. The van der Waals surface area contributed by atoms with E-state index in [1.54, 1.807) is 0 Å². The Morgan fingerprint density at radius 1 is 0.333 bits per heavy atom. The number of furan rings is 1. The summed E-state index contributed by atoms with van der Waals surface area (Å²) in [6.07, 6.45) is 0. The van der Waals surface area contributed by atoms with Crippen LogP contribution in [0, 0.1) is 0 Å².